The van der Waals surface area contributed by atoms with Crippen molar-refractivity contribution in [1.82, 2.24) is 9.62 Å². The predicted molar refractivity (Wildman–Crippen MR) is 62.6 cm³/mol. The molecule has 1 saturated heterocycles. The molecule has 1 N–H and O–H groups in total. The molecule has 1 heterocycles. The van der Waals surface area contributed by atoms with E-state index in [0.29, 0.717) is 6.54 Å². The summed E-state index contributed by atoms with van der Waals surface area (Å²) < 4.78 is 2.77. The minimum atomic E-state index is 0.0202. The van der Waals surface area contributed by atoms with E-state index in [9.17, 15) is 4.79 Å². The molecule has 0 aliphatic carbocycles. The number of benzene rings is 1. The van der Waals surface area contributed by atoms with Gasteiger partial charge in [0.2, 0.25) is 0 Å². The molecule has 2 rings (SSSR count). The van der Waals surface area contributed by atoms with Crippen molar-refractivity contribution in [2.24, 2.45) is 0 Å². The summed E-state index contributed by atoms with van der Waals surface area (Å²) in [5.41, 5.74) is 2.43. The lowest BCUT2D eigenvalue weighted by atomic mass is 10.1. The Balaban J connectivity index is 2.01. The molecular formula is C11H14N2OS. The maximum absolute atomic E-state index is 11.5. The average molecular weight is 222 g/mol. The van der Waals surface area contributed by atoms with Crippen LogP contribution in [0.25, 0.3) is 0 Å². The molecule has 0 atom stereocenters. The number of nitrogens with zero attached hydrogens (tertiary/aromatic N) is 1. The SMILES string of the molecule is Cc1ccc(CN2CCSNC2=O)cc1. The highest BCUT2D eigenvalue weighted by molar-refractivity contribution is 7.98. The largest absolute Gasteiger partial charge is 0.327 e. The third-order valence-corrected chi connectivity index (χ3v) is 3.11. The van der Waals surface area contributed by atoms with Crippen molar-refractivity contribution in [2.75, 3.05) is 12.3 Å². The van der Waals surface area contributed by atoms with Gasteiger partial charge in [0.25, 0.3) is 0 Å². The number of urea groups is 1. The molecule has 15 heavy (non-hydrogen) atoms. The van der Waals surface area contributed by atoms with Crippen molar-refractivity contribution in [1.29, 1.82) is 0 Å². The minimum absolute atomic E-state index is 0.0202. The van der Waals surface area contributed by atoms with Gasteiger partial charge < -0.3 is 4.90 Å². The van der Waals surface area contributed by atoms with Gasteiger partial charge in [0.15, 0.2) is 0 Å². The molecule has 0 spiro atoms. The quantitative estimate of drug-likeness (QED) is 0.778. The lowest BCUT2D eigenvalue weighted by Crippen LogP contribution is -2.42. The van der Waals surface area contributed by atoms with Gasteiger partial charge in [-0.1, -0.05) is 29.8 Å². The highest BCUT2D eigenvalue weighted by Crippen LogP contribution is 2.11. The fourth-order valence-corrected chi connectivity index (χ4v) is 2.17. The van der Waals surface area contributed by atoms with Gasteiger partial charge in [0.05, 0.1) is 0 Å². The van der Waals surface area contributed by atoms with E-state index in [4.69, 9.17) is 0 Å². The number of rotatable bonds is 2. The molecule has 1 aromatic carbocycles. The smallest absolute Gasteiger partial charge is 0.319 e. The maximum atomic E-state index is 11.5. The summed E-state index contributed by atoms with van der Waals surface area (Å²) in [6.07, 6.45) is 0. The van der Waals surface area contributed by atoms with Crippen LogP contribution in [-0.4, -0.2) is 23.2 Å². The van der Waals surface area contributed by atoms with Crippen molar-refractivity contribution in [3.8, 4) is 0 Å². The van der Waals surface area contributed by atoms with Gasteiger partial charge in [-0.25, -0.2) is 4.79 Å². The Morgan fingerprint density at radius 2 is 2.13 bits per heavy atom. The Bertz CT molecular complexity index is 350. The van der Waals surface area contributed by atoms with Gasteiger partial charge in [-0.05, 0) is 24.4 Å². The summed E-state index contributed by atoms with van der Waals surface area (Å²) in [4.78, 5) is 13.3. The number of nitrogens with one attached hydrogen (secondary N) is 1. The maximum Gasteiger partial charge on any atom is 0.327 e. The van der Waals surface area contributed by atoms with Gasteiger partial charge >= 0.3 is 6.03 Å². The van der Waals surface area contributed by atoms with Crippen LogP contribution in [0, 0.1) is 6.92 Å². The van der Waals surface area contributed by atoms with Crippen LogP contribution in [0.3, 0.4) is 0 Å². The second kappa shape index (κ2) is 4.57. The zero-order chi connectivity index (χ0) is 10.7. The van der Waals surface area contributed by atoms with E-state index in [1.807, 2.05) is 4.90 Å². The first kappa shape index (κ1) is 10.4. The first-order chi connectivity index (χ1) is 7.25. The lowest BCUT2D eigenvalue weighted by Gasteiger charge is -2.26. The minimum Gasteiger partial charge on any atom is -0.319 e. The second-order valence-electron chi connectivity index (χ2n) is 3.66. The number of amides is 2. The van der Waals surface area contributed by atoms with Crippen LogP contribution < -0.4 is 4.72 Å². The van der Waals surface area contributed by atoms with E-state index in [2.05, 4.69) is 35.9 Å². The van der Waals surface area contributed by atoms with Crippen LogP contribution >= 0.6 is 11.9 Å². The van der Waals surface area contributed by atoms with Crippen molar-refractivity contribution in [3.63, 3.8) is 0 Å². The Hall–Kier alpha value is -1.16. The molecule has 2 amide bonds. The number of hydrogen-bond acceptors (Lipinski definition) is 2. The average Bonchev–Trinajstić information content (AvgIpc) is 2.25. The van der Waals surface area contributed by atoms with Crippen LogP contribution in [-0.2, 0) is 6.54 Å². The van der Waals surface area contributed by atoms with Crippen LogP contribution in [0.5, 0.6) is 0 Å². The molecule has 0 radical (unpaired) electrons. The highest BCUT2D eigenvalue weighted by Gasteiger charge is 2.17. The fraction of sp³-hybridized carbons (Fsp3) is 0.364. The van der Waals surface area contributed by atoms with Crippen LogP contribution in [0.15, 0.2) is 24.3 Å². The van der Waals surface area contributed by atoms with Crippen molar-refractivity contribution in [3.05, 3.63) is 35.4 Å². The van der Waals surface area contributed by atoms with Gasteiger partial charge in [-0.3, -0.25) is 4.72 Å². The Morgan fingerprint density at radius 1 is 1.40 bits per heavy atom. The number of carbonyl (C=O) groups excluding carboxylic acids is 1. The zero-order valence-corrected chi connectivity index (χ0v) is 9.51. The van der Waals surface area contributed by atoms with E-state index < -0.39 is 0 Å². The third-order valence-electron chi connectivity index (χ3n) is 2.40. The second-order valence-corrected chi connectivity index (χ2v) is 4.56. The molecule has 3 nitrogen and oxygen atoms in total. The monoisotopic (exact) mass is 222 g/mol. The highest BCUT2D eigenvalue weighted by atomic mass is 32.2. The van der Waals surface area contributed by atoms with Crippen molar-refractivity contribution < 1.29 is 4.79 Å². The Kier molecular flexibility index (Phi) is 3.16. The molecule has 1 aliphatic heterocycles. The molecule has 4 heteroatoms. The summed E-state index contributed by atoms with van der Waals surface area (Å²) in [7, 11) is 0. The number of hydrogen-bond donors (Lipinski definition) is 1. The molecule has 0 bridgehead atoms. The molecule has 1 aromatic rings. The Morgan fingerprint density at radius 3 is 2.80 bits per heavy atom. The standard InChI is InChI=1S/C11H14N2OS/c1-9-2-4-10(5-3-9)8-13-6-7-15-12-11(13)14/h2-5H,6-8H2,1H3,(H,12,14). The van der Waals surface area contributed by atoms with E-state index in [1.165, 1.54) is 23.1 Å². The fourth-order valence-electron chi connectivity index (χ4n) is 1.50. The molecule has 1 fully saturated rings. The molecule has 0 aromatic heterocycles. The van der Waals surface area contributed by atoms with Gasteiger partial charge in [0, 0.05) is 18.8 Å². The summed E-state index contributed by atoms with van der Waals surface area (Å²) in [6.45, 7) is 3.59. The van der Waals surface area contributed by atoms with Crippen LogP contribution in [0.2, 0.25) is 0 Å². The number of aryl methyl sites for hydroxylation is 1. The van der Waals surface area contributed by atoms with Gasteiger partial charge in [0.1, 0.15) is 0 Å². The first-order valence-electron chi connectivity index (χ1n) is 4.98. The van der Waals surface area contributed by atoms with Crippen molar-refractivity contribution in [2.45, 2.75) is 13.5 Å². The van der Waals surface area contributed by atoms with Crippen LogP contribution in [0.4, 0.5) is 4.79 Å². The first-order valence-corrected chi connectivity index (χ1v) is 5.96. The molecular weight excluding hydrogens is 208 g/mol. The van der Waals surface area contributed by atoms with E-state index in [0.717, 1.165) is 12.3 Å². The van der Waals surface area contributed by atoms with E-state index >= 15 is 0 Å². The lowest BCUT2D eigenvalue weighted by molar-refractivity contribution is 0.203. The van der Waals surface area contributed by atoms with E-state index in [-0.39, 0.29) is 6.03 Å². The Labute approximate surface area is 94.0 Å². The summed E-state index contributed by atoms with van der Waals surface area (Å²) in [6, 6.07) is 8.32. The topological polar surface area (TPSA) is 32.3 Å². The molecule has 0 unspecified atom stereocenters. The summed E-state index contributed by atoms with van der Waals surface area (Å²) >= 11 is 1.48. The van der Waals surface area contributed by atoms with Crippen molar-refractivity contribution >= 4 is 18.0 Å². The normalized spacial score (nSPS) is 16.3. The summed E-state index contributed by atoms with van der Waals surface area (Å²) in [5, 5.41) is 0. The van der Waals surface area contributed by atoms with E-state index in [1.54, 1.807) is 0 Å². The molecule has 0 saturated carbocycles. The summed E-state index contributed by atoms with van der Waals surface area (Å²) in [5.74, 6) is 0.956. The molecule has 1 aliphatic rings. The number of carbonyl (C=O) groups is 1. The van der Waals surface area contributed by atoms with Crippen LogP contribution in [0.1, 0.15) is 11.1 Å². The van der Waals surface area contributed by atoms with Gasteiger partial charge in [-0.15, -0.1) is 0 Å². The van der Waals surface area contributed by atoms with Gasteiger partial charge in [-0.2, -0.15) is 0 Å². The zero-order valence-electron chi connectivity index (χ0n) is 8.69. The molecule has 80 valence electrons. The predicted octanol–water partition coefficient (Wildman–Crippen LogP) is 2.17. The third kappa shape index (κ3) is 2.65.